The number of hydrogen-bond donors (Lipinski definition) is 0. The average molecular weight is 279 g/mol. The van der Waals surface area contributed by atoms with E-state index in [2.05, 4.69) is 0 Å². The fourth-order valence-electron chi connectivity index (χ4n) is 2.77. The van der Waals surface area contributed by atoms with E-state index in [4.69, 9.17) is 9.73 Å². The van der Waals surface area contributed by atoms with Gasteiger partial charge in [-0.3, -0.25) is 9.79 Å². The smallest absolute Gasteiger partial charge is 0.311 e. The summed E-state index contributed by atoms with van der Waals surface area (Å²) in [4.78, 5) is 16.9. The van der Waals surface area contributed by atoms with Crippen molar-refractivity contribution in [2.45, 2.75) is 12.5 Å². The van der Waals surface area contributed by atoms with Gasteiger partial charge in [0.1, 0.15) is 0 Å². The molecular weight excluding hydrogens is 262 g/mol. The van der Waals surface area contributed by atoms with E-state index in [1.165, 1.54) is 7.11 Å². The highest BCUT2D eigenvalue weighted by Crippen LogP contribution is 2.37. The molecule has 0 aliphatic carbocycles. The van der Waals surface area contributed by atoms with Crippen molar-refractivity contribution in [1.29, 1.82) is 0 Å². The summed E-state index contributed by atoms with van der Waals surface area (Å²) in [5.41, 5.74) is 3.10. The Morgan fingerprint density at radius 3 is 2.29 bits per heavy atom. The van der Waals surface area contributed by atoms with Gasteiger partial charge >= 0.3 is 5.97 Å². The first-order valence-corrected chi connectivity index (χ1v) is 7.04. The van der Waals surface area contributed by atoms with Crippen LogP contribution < -0.4 is 0 Å². The van der Waals surface area contributed by atoms with Crippen LogP contribution >= 0.6 is 0 Å². The Labute approximate surface area is 124 Å². The fourth-order valence-corrected chi connectivity index (χ4v) is 2.77. The molecule has 2 aromatic rings. The number of carbonyl (C=O) groups excluding carboxylic acids is 1. The highest BCUT2D eigenvalue weighted by atomic mass is 16.5. The molecule has 0 unspecified atom stereocenters. The van der Waals surface area contributed by atoms with E-state index in [9.17, 15) is 4.79 Å². The van der Waals surface area contributed by atoms with Crippen molar-refractivity contribution in [1.82, 2.24) is 0 Å². The molecule has 3 rings (SSSR count). The van der Waals surface area contributed by atoms with Crippen LogP contribution in [0.5, 0.6) is 0 Å². The number of esters is 1. The van der Waals surface area contributed by atoms with Gasteiger partial charge in [-0.25, -0.2) is 0 Å². The molecule has 1 aliphatic heterocycles. The van der Waals surface area contributed by atoms with E-state index in [0.29, 0.717) is 6.42 Å². The molecule has 0 saturated heterocycles. The Hall–Kier alpha value is -2.42. The Kier molecular flexibility index (Phi) is 3.82. The normalized spacial score (nSPS) is 20.9. The molecule has 1 heterocycles. The van der Waals surface area contributed by atoms with Gasteiger partial charge in [-0.15, -0.1) is 0 Å². The highest BCUT2D eigenvalue weighted by molar-refractivity contribution is 6.04. The molecule has 21 heavy (non-hydrogen) atoms. The average Bonchev–Trinajstić information content (AvgIpc) is 3.01. The standard InChI is InChI=1S/C18H17NO2/c1-21-18(20)15-12-16(13-8-4-2-5-9-13)19-17(15)14-10-6-3-7-11-14/h2-11,15,17H,12H2,1H3/t15-,17-/m1/s1. The lowest BCUT2D eigenvalue weighted by Gasteiger charge is -2.15. The van der Waals surface area contributed by atoms with Crippen molar-refractivity contribution >= 4 is 11.7 Å². The lowest BCUT2D eigenvalue weighted by molar-refractivity contribution is -0.145. The maximum absolute atomic E-state index is 12.1. The summed E-state index contributed by atoms with van der Waals surface area (Å²) in [6, 6.07) is 19.8. The van der Waals surface area contributed by atoms with Gasteiger partial charge in [-0.05, 0) is 11.1 Å². The lowest BCUT2D eigenvalue weighted by atomic mass is 9.92. The molecule has 0 bridgehead atoms. The minimum atomic E-state index is -0.243. The number of carbonyl (C=O) groups is 1. The molecule has 106 valence electrons. The molecule has 0 amide bonds. The Bertz CT molecular complexity index is 649. The van der Waals surface area contributed by atoms with E-state index in [-0.39, 0.29) is 17.9 Å². The van der Waals surface area contributed by atoms with Crippen LogP contribution in [0.3, 0.4) is 0 Å². The minimum Gasteiger partial charge on any atom is -0.469 e. The van der Waals surface area contributed by atoms with Crippen molar-refractivity contribution in [3.8, 4) is 0 Å². The molecular formula is C18H17NO2. The third kappa shape index (κ3) is 2.72. The van der Waals surface area contributed by atoms with Crippen LogP contribution in [-0.4, -0.2) is 18.8 Å². The lowest BCUT2D eigenvalue weighted by Crippen LogP contribution is -2.20. The summed E-state index contributed by atoms with van der Waals surface area (Å²) in [6.07, 6.45) is 0.621. The quantitative estimate of drug-likeness (QED) is 0.808. The van der Waals surface area contributed by atoms with Crippen molar-refractivity contribution in [3.05, 3.63) is 71.8 Å². The van der Waals surface area contributed by atoms with Crippen LogP contribution in [-0.2, 0) is 9.53 Å². The van der Waals surface area contributed by atoms with Gasteiger partial charge in [0, 0.05) is 12.1 Å². The molecule has 2 atom stereocenters. The largest absolute Gasteiger partial charge is 0.469 e. The highest BCUT2D eigenvalue weighted by Gasteiger charge is 2.36. The number of rotatable bonds is 3. The first-order chi connectivity index (χ1) is 10.3. The predicted octanol–water partition coefficient (Wildman–Crippen LogP) is 3.41. The number of methoxy groups -OCH3 is 1. The van der Waals surface area contributed by atoms with Crippen LogP contribution in [0.15, 0.2) is 65.7 Å². The predicted molar refractivity (Wildman–Crippen MR) is 82.3 cm³/mol. The fraction of sp³-hybridized carbons (Fsp3) is 0.222. The summed E-state index contributed by atoms with van der Waals surface area (Å²) in [7, 11) is 1.44. The Morgan fingerprint density at radius 2 is 1.67 bits per heavy atom. The molecule has 0 radical (unpaired) electrons. The second-order valence-electron chi connectivity index (χ2n) is 5.13. The van der Waals surface area contributed by atoms with E-state index in [1.807, 2.05) is 60.7 Å². The zero-order valence-corrected chi connectivity index (χ0v) is 11.9. The first kappa shape index (κ1) is 13.6. The maximum atomic E-state index is 12.1. The molecule has 0 saturated carbocycles. The van der Waals surface area contributed by atoms with Crippen LogP contribution in [0.2, 0.25) is 0 Å². The molecule has 3 heteroatoms. The zero-order chi connectivity index (χ0) is 14.7. The van der Waals surface area contributed by atoms with Gasteiger partial charge in [-0.2, -0.15) is 0 Å². The monoisotopic (exact) mass is 279 g/mol. The summed E-state index contributed by atoms with van der Waals surface area (Å²) >= 11 is 0. The second kappa shape index (κ2) is 5.92. The Balaban J connectivity index is 1.97. The van der Waals surface area contributed by atoms with Crippen LogP contribution in [0.25, 0.3) is 0 Å². The van der Waals surface area contributed by atoms with Gasteiger partial charge in [-0.1, -0.05) is 60.7 Å². The van der Waals surface area contributed by atoms with Gasteiger partial charge in [0.05, 0.1) is 19.1 Å². The summed E-state index contributed by atoms with van der Waals surface area (Å²) in [5, 5.41) is 0. The van der Waals surface area contributed by atoms with Crippen molar-refractivity contribution in [2.75, 3.05) is 7.11 Å². The SMILES string of the molecule is COC(=O)[C@@H]1CC(c2ccccc2)=N[C@@H]1c1ccccc1. The van der Waals surface area contributed by atoms with Crippen molar-refractivity contribution in [3.63, 3.8) is 0 Å². The van der Waals surface area contributed by atoms with Crippen molar-refractivity contribution < 1.29 is 9.53 Å². The van der Waals surface area contributed by atoms with Gasteiger partial charge in [0.25, 0.3) is 0 Å². The first-order valence-electron chi connectivity index (χ1n) is 7.04. The number of nitrogens with zero attached hydrogens (tertiary/aromatic N) is 1. The van der Waals surface area contributed by atoms with Crippen LogP contribution in [0, 0.1) is 5.92 Å². The molecule has 1 aliphatic rings. The zero-order valence-electron chi connectivity index (χ0n) is 11.9. The van der Waals surface area contributed by atoms with E-state index >= 15 is 0 Å². The third-order valence-corrected chi connectivity index (χ3v) is 3.84. The third-order valence-electron chi connectivity index (χ3n) is 3.84. The van der Waals surface area contributed by atoms with E-state index < -0.39 is 0 Å². The Morgan fingerprint density at radius 1 is 1.05 bits per heavy atom. The number of ether oxygens (including phenoxy) is 1. The molecule has 0 spiro atoms. The van der Waals surface area contributed by atoms with Gasteiger partial charge < -0.3 is 4.74 Å². The minimum absolute atomic E-state index is 0.158. The van der Waals surface area contributed by atoms with E-state index in [1.54, 1.807) is 0 Å². The molecule has 3 nitrogen and oxygen atoms in total. The van der Waals surface area contributed by atoms with Crippen LogP contribution in [0.4, 0.5) is 0 Å². The number of benzene rings is 2. The van der Waals surface area contributed by atoms with Gasteiger partial charge in [0.15, 0.2) is 0 Å². The summed E-state index contributed by atoms with van der Waals surface area (Å²) < 4.78 is 4.96. The topological polar surface area (TPSA) is 38.7 Å². The van der Waals surface area contributed by atoms with E-state index in [0.717, 1.165) is 16.8 Å². The second-order valence-corrected chi connectivity index (χ2v) is 5.13. The maximum Gasteiger partial charge on any atom is 0.311 e. The van der Waals surface area contributed by atoms with Crippen molar-refractivity contribution in [2.24, 2.45) is 10.9 Å². The van der Waals surface area contributed by atoms with Gasteiger partial charge in [0.2, 0.25) is 0 Å². The number of hydrogen-bond acceptors (Lipinski definition) is 3. The van der Waals surface area contributed by atoms with Crippen LogP contribution in [0.1, 0.15) is 23.6 Å². The number of aliphatic imine (C=N–C) groups is 1. The summed E-state index contributed by atoms with van der Waals surface area (Å²) in [6.45, 7) is 0. The molecule has 0 fully saturated rings. The molecule has 2 aromatic carbocycles. The molecule has 0 N–H and O–H groups in total. The summed E-state index contributed by atoms with van der Waals surface area (Å²) in [5.74, 6) is -0.439. The molecule has 0 aromatic heterocycles.